The van der Waals surface area contributed by atoms with E-state index >= 15 is 0 Å². The Labute approximate surface area is 840 Å². The van der Waals surface area contributed by atoms with Crippen LogP contribution < -0.4 is 28.7 Å². The van der Waals surface area contributed by atoms with E-state index in [2.05, 4.69) is 307 Å². The van der Waals surface area contributed by atoms with Crippen molar-refractivity contribution >= 4 is 65.0 Å². The van der Waals surface area contributed by atoms with Crippen LogP contribution in [0.2, 0.25) is 0 Å². The maximum Gasteiger partial charge on any atom is 0.303 e. The third-order valence-corrected chi connectivity index (χ3v) is 20.1. The smallest absolute Gasteiger partial charge is 0.303 e. The molecule has 794 valence electrons. The van der Waals surface area contributed by atoms with Crippen LogP contribution in [0, 0.1) is 118 Å². The fourth-order valence-corrected chi connectivity index (χ4v) is 10.2. The van der Waals surface area contributed by atoms with E-state index in [4.69, 9.17) is 54.2 Å². The highest BCUT2D eigenvalue weighted by atomic mass is 32.2. The zero-order valence-corrected chi connectivity index (χ0v) is 96.8. The lowest BCUT2D eigenvalue weighted by atomic mass is 9.96. The second-order valence-electron chi connectivity index (χ2n) is 42.7. The van der Waals surface area contributed by atoms with Crippen molar-refractivity contribution in [1.82, 2.24) is 15.0 Å². The molecule has 0 fully saturated rings. The molecule has 5 aromatic rings. The minimum Gasteiger partial charge on any atom is -0.508 e. The molecule has 0 aliphatic carbocycles. The number of rotatable bonds is 37. The summed E-state index contributed by atoms with van der Waals surface area (Å²) in [6.45, 7) is 90.1. The van der Waals surface area contributed by atoms with Crippen LogP contribution in [0.1, 0.15) is 396 Å². The molecule has 0 spiro atoms. The number of H-pyrrole nitrogens is 2. The summed E-state index contributed by atoms with van der Waals surface area (Å²) in [5.74, 6) is 15.0. The van der Waals surface area contributed by atoms with E-state index in [1.165, 1.54) is 90.4 Å². The fraction of sp³-hybridized carbons (Fsp3) is 0.754. The van der Waals surface area contributed by atoms with Crippen molar-refractivity contribution in [1.29, 1.82) is 0 Å². The van der Waals surface area contributed by atoms with Crippen LogP contribution in [0.3, 0.4) is 0 Å². The Hall–Kier alpha value is -6.06. The van der Waals surface area contributed by atoms with E-state index in [0.29, 0.717) is 73.0 Å². The molecule has 2 heterocycles. The second kappa shape index (κ2) is 107. The van der Waals surface area contributed by atoms with Gasteiger partial charge >= 0.3 is 11.9 Å². The van der Waals surface area contributed by atoms with Gasteiger partial charge in [-0.05, 0) is 255 Å². The van der Waals surface area contributed by atoms with E-state index in [-0.39, 0.29) is 36.2 Å². The molecule has 0 saturated carbocycles. The number of aromatic hydroxyl groups is 1. The number of nitrogens with zero attached hydrogens (tertiary/aromatic N) is 2. The molecule has 2 atom stereocenters. The lowest BCUT2D eigenvalue weighted by molar-refractivity contribution is -0.138. The number of carboxylic acids is 2. The summed E-state index contributed by atoms with van der Waals surface area (Å²) in [4.78, 5) is 54.0. The highest BCUT2D eigenvalue weighted by Crippen LogP contribution is 2.21. The summed E-state index contributed by atoms with van der Waals surface area (Å²) < 4.78 is 0. The SMILES string of the molecule is CC(C)C(C)C.CC(C)C(C)O.CC(C)CC(=O)O.CC(C)CC(C)C.CC(C)CC(N)=O.CC(C)CCC(=O)O.CC(C)CCC(N)=O.CC(C)CCCCN.CC(C)CCCN=C(N)N.CC(C)CO.CC(C)CS.CC(C)Cc1c[nH]c2ccccc12.CC(C)Cc1ccc(O)cc1.CC(C)Cc1ccccc1.CC(C)Cc1cnc[nH]1.CCC(C)C(C)C.CSCCC(C)C. The predicted octanol–water partition coefficient (Wildman–Crippen LogP) is 30.3. The normalized spacial score (nSPS) is 10.8. The van der Waals surface area contributed by atoms with E-state index < -0.39 is 11.9 Å². The predicted molar refractivity (Wildman–Crippen MR) is 602 cm³/mol. The largest absolute Gasteiger partial charge is 0.508 e. The van der Waals surface area contributed by atoms with E-state index in [1.54, 1.807) is 25.4 Å². The Morgan fingerprint density at radius 2 is 0.843 bits per heavy atom. The number of guanidine groups is 1. The number of unbranched alkanes of at least 4 members (excludes halogenated alkanes) is 1. The molecular weight excluding hydrogens is 1700 g/mol. The van der Waals surface area contributed by atoms with E-state index in [1.807, 2.05) is 99.3 Å². The van der Waals surface area contributed by atoms with Crippen LogP contribution in [-0.2, 0) is 44.9 Å². The first-order valence-electron chi connectivity index (χ1n) is 51.3. The van der Waals surface area contributed by atoms with Crippen LogP contribution in [0.15, 0.2) is 103 Å². The first-order chi connectivity index (χ1) is 61.8. The van der Waals surface area contributed by atoms with E-state index in [0.717, 1.165) is 128 Å². The molecule has 3 aromatic carbocycles. The van der Waals surface area contributed by atoms with Crippen molar-refractivity contribution in [3.63, 3.8) is 0 Å². The fourth-order valence-electron chi connectivity index (χ4n) is 9.53. The van der Waals surface area contributed by atoms with Gasteiger partial charge in [0.2, 0.25) is 11.8 Å². The number of hydrogen-bond acceptors (Lipinski definition) is 12. The van der Waals surface area contributed by atoms with Gasteiger partial charge in [-0.15, -0.1) is 0 Å². The number of primary amides is 2. The molecule has 0 saturated heterocycles. The number of aromatic amines is 2. The van der Waals surface area contributed by atoms with Crippen LogP contribution in [0.4, 0.5) is 0 Å². The number of carbonyl (C=O) groups excluding carboxylic acids is 2. The number of nitrogens with one attached hydrogen (secondary N) is 2. The van der Waals surface area contributed by atoms with Gasteiger partial charge in [0.05, 0.1) is 12.4 Å². The van der Waals surface area contributed by atoms with Gasteiger partial charge in [-0.2, -0.15) is 24.4 Å². The molecule has 2 amide bonds. The quantitative estimate of drug-likeness (QED) is 0.00761. The number of aliphatic imine (C=N–C) groups is 1. The zero-order valence-electron chi connectivity index (χ0n) is 95.1. The number of para-hydroxylation sites is 1. The van der Waals surface area contributed by atoms with Crippen LogP contribution >= 0.6 is 24.4 Å². The number of benzene rings is 3. The number of thioether (sulfide) groups is 1. The number of hydrogen-bond donors (Lipinski definition) is 13. The number of phenols is 1. The summed E-state index contributed by atoms with van der Waals surface area (Å²) in [5.41, 5.74) is 32.0. The second-order valence-corrected chi connectivity index (χ2v) is 44.1. The number of carboxylic acid groups (broad SMARTS) is 2. The third kappa shape index (κ3) is 160. The number of amides is 2. The highest BCUT2D eigenvalue weighted by Gasteiger charge is 2.08. The monoisotopic (exact) mass is 1930 g/mol. The number of thiol groups is 1. The third-order valence-electron chi connectivity index (χ3n) is 18.8. The molecule has 5 rings (SSSR count). The number of imidazole rings is 1. The van der Waals surface area contributed by atoms with Crippen molar-refractivity contribution < 1.29 is 44.7 Å². The lowest BCUT2D eigenvalue weighted by Crippen LogP contribution is -2.22. The van der Waals surface area contributed by atoms with Gasteiger partial charge in [-0.1, -0.05) is 357 Å². The van der Waals surface area contributed by atoms with Crippen molar-refractivity contribution in [2.45, 2.75) is 406 Å². The molecule has 0 aliphatic rings. The van der Waals surface area contributed by atoms with Gasteiger partial charge in [0.1, 0.15) is 5.75 Å². The van der Waals surface area contributed by atoms with Gasteiger partial charge in [-0.3, -0.25) is 24.2 Å². The summed E-state index contributed by atoms with van der Waals surface area (Å²) >= 11 is 5.95. The van der Waals surface area contributed by atoms with Gasteiger partial charge in [-0.25, -0.2) is 4.98 Å². The number of nitrogens with two attached hydrogens (primary N) is 5. The highest BCUT2D eigenvalue weighted by molar-refractivity contribution is 7.98. The Balaban J connectivity index is -0.000000119. The summed E-state index contributed by atoms with van der Waals surface area (Å²) in [7, 11) is 0. The number of aliphatic hydroxyl groups is 2. The van der Waals surface area contributed by atoms with Crippen molar-refractivity contribution in [2.24, 2.45) is 152 Å². The maximum absolute atomic E-state index is 10.1. The topological polar surface area (TPSA) is 356 Å². The molecule has 2 unspecified atom stereocenters. The number of aromatic nitrogens is 3. The Bertz CT molecular complexity index is 3110. The van der Waals surface area contributed by atoms with Crippen molar-refractivity contribution in [3.8, 4) is 5.75 Å². The molecule has 0 aliphatic heterocycles. The minimum atomic E-state index is -0.713. The molecule has 20 heteroatoms. The van der Waals surface area contributed by atoms with Crippen molar-refractivity contribution in [2.75, 3.05) is 37.5 Å². The average molecular weight is 1930 g/mol. The zero-order chi connectivity index (χ0) is 107. The standard InChI is InChI=1S/C12H15N.C10H14O.C10H14.C7H17N3.C7H12N2.C7H17N.2C7H16.C6H13NO.C6H12O2.C6H14S.C6H14.C5H11NO.C5H10O2.C5H12O.C4H10O.C4H10S/c1-9(2)7-10-8-13-12-6-4-3-5-11(10)12;1-8(2)7-9-3-5-10(11)6-4-9;1-9(2)8-10-6-4-3-5-7-10;1-6(2)4-3-5-10-7(8)9;1-6(2)3-7-4-8-5-9-7;1-7(2)5-3-4-6-8;1-6(2)5-7(3)4;1-5-7(4)6(2)3;2*1-5(2)3-4-6(7)8;1-6(2)4-5-7-3;1-5(2)6(3)4;2*1-4(2)3-5(6)7;1-4(2)5(3)6;2*1-4(2)3-5/h3-6,8-9,13H,7H2,1-2H3;3-6,8,11H,7H2,1-2H3;3-7,9H,8H2,1-2H3;6H,3-5H2,1-2H3,(H4,8,9,10);4-6H,3H2,1-2H3,(H,8,9);7H,3-6,8H2,1-2H3;2*6-7H,5H2,1-4H3;5H,3-4H2,1-2H3,(H2,7,8);5H,3-4H2,1-2H3,(H,7,8);6H,4-5H2,1-3H3;5-6H,1-4H3;4H,3H2,1-2H3,(H2,6,7);4H,3H2,1-2H3,(H,6,7);4-6H,1-3H3;2*4-5H,3H2,1-2H3. The Kier molecular flexibility index (Phi) is 123. The number of fused-ring (bicyclic) bond motifs is 1. The van der Waals surface area contributed by atoms with Crippen LogP contribution in [0.5, 0.6) is 5.75 Å². The lowest BCUT2D eigenvalue weighted by Gasteiger charge is -2.10. The summed E-state index contributed by atoms with van der Waals surface area (Å²) in [6, 6.07) is 26.5. The Morgan fingerprint density at radius 1 is 0.440 bits per heavy atom. The molecule has 0 radical (unpaired) electrons. The van der Waals surface area contributed by atoms with Gasteiger partial charge in [0, 0.05) is 67.8 Å². The minimum absolute atomic E-state index is 0.148. The molecule has 17 N–H and O–H groups in total. The van der Waals surface area contributed by atoms with Crippen LogP contribution in [-0.4, -0.2) is 114 Å². The number of aliphatic hydroxyl groups excluding tert-OH is 2. The van der Waals surface area contributed by atoms with E-state index in [9.17, 15) is 19.2 Å². The molecule has 134 heavy (non-hydrogen) atoms. The molecular formula is C114H227N9O9S2. The number of aliphatic carboxylic acids is 2. The summed E-state index contributed by atoms with van der Waals surface area (Å²) in [6.07, 6.45) is 25.7. The average Bonchev–Trinajstić information content (AvgIpc) is 1.69. The first-order valence-corrected chi connectivity index (χ1v) is 53.3. The maximum atomic E-state index is 10.1. The van der Waals surface area contributed by atoms with Gasteiger partial charge in [0.25, 0.3) is 0 Å². The number of carbonyl (C=O) groups is 4. The molecule has 0 bridgehead atoms. The number of phenolic OH excluding ortho intramolecular Hbond substituents is 1. The summed E-state index contributed by atoms with van der Waals surface area (Å²) in [5, 5.41) is 43.4. The molecule has 18 nitrogen and oxygen atoms in total. The molecule has 2 aromatic heterocycles. The van der Waals surface area contributed by atoms with Crippen molar-refractivity contribution in [3.05, 3.63) is 120 Å². The van der Waals surface area contributed by atoms with Gasteiger partial charge < -0.3 is 64.2 Å². The Morgan fingerprint density at radius 3 is 1.09 bits per heavy atom. The first kappa shape index (κ1) is 153. The van der Waals surface area contributed by atoms with Gasteiger partial charge in [0.15, 0.2) is 5.96 Å². The van der Waals surface area contributed by atoms with Crippen LogP contribution in [0.25, 0.3) is 10.9 Å².